The summed E-state index contributed by atoms with van der Waals surface area (Å²) in [5.74, 6) is 0. The van der Waals surface area contributed by atoms with Crippen LogP contribution in [-0.2, 0) is 18.5 Å². The van der Waals surface area contributed by atoms with E-state index in [9.17, 15) is 4.79 Å². The summed E-state index contributed by atoms with van der Waals surface area (Å²) >= 11 is 1.56. The van der Waals surface area contributed by atoms with E-state index in [1.807, 2.05) is 17.0 Å². The quantitative estimate of drug-likeness (QED) is 0.915. The van der Waals surface area contributed by atoms with Gasteiger partial charge in [0.2, 0.25) is 0 Å². The second-order valence-corrected chi connectivity index (χ2v) is 8.22. The highest BCUT2D eigenvalue weighted by Crippen LogP contribution is 2.35. The number of fused-ring (bicyclic) bond motifs is 1. The molecule has 0 saturated carbocycles. The SMILES string of the molecule is CCC1c2ccccc2CN1C(=O)NCc1nnc(C(C)(C)C)s1. The Morgan fingerprint density at radius 3 is 2.75 bits per heavy atom. The molecule has 0 bridgehead atoms. The van der Waals surface area contributed by atoms with E-state index < -0.39 is 0 Å². The maximum absolute atomic E-state index is 12.6. The number of nitrogens with zero attached hydrogens (tertiary/aromatic N) is 3. The lowest BCUT2D eigenvalue weighted by Crippen LogP contribution is -2.38. The monoisotopic (exact) mass is 344 g/mol. The van der Waals surface area contributed by atoms with E-state index in [-0.39, 0.29) is 17.5 Å². The second-order valence-electron chi connectivity index (χ2n) is 7.16. The summed E-state index contributed by atoms with van der Waals surface area (Å²) in [5.41, 5.74) is 2.50. The molecule has 0 saturated heterocycles. The Labute approximate surface area is 147 Å². The summed E-state index contributed by atoms with van der Waals surface area (Å²) in [6.07, 6.45) is 0.914. The van der Waals surface area contributed by atoms with E-state index in [4.69, 9.17) is 0 Å². The molecule has 0 radical (unpaired) electrons. The minimum Gasteiger partial charge on any atom is -0.331 e. The maximum Gasteiger partial charge on any atom is 0.318 e. The molecular formula is C18H24N4OS. The van der Waals surface area contributed by atoms with Crippen molar-refractivity contribution in [3.8, 4) is 0 Å². The number of carbonyl (C=O) groups excluding carboxylic acids is 1. The van der Waals surface area contributed by atoms with Crippen molar-refractivity contribution in [1.82, 2.24) is 20.4 Å². The lowest BCUT2D eigenvalue weighted by Gasteiger charge is -2.24. The first-order valence-electron chi connectivity index (χ1n) is 8.35. The second kappa shape index (κ2) is 6.51. The topological polar surface area (TPSA) is 58.1 Å². The van der Waals surface area contributed by atoms with Gasteiger partial charge in [-0.15, -0.1) is 10.2 Å². The lowest BCUT2D eigenvalue weighted by molar-refractivity contribution is 0.178. The summed E-state index contributed by atoms with van der Waals surface area (Å²) in [6.45, 7) is 9.56. The third kappa shape index (κ3) is 3.29. The first kappa shape index (κ1) is 16.9. The Morgan fingerprint density at radius 2 is 2.08 bits per heavy atom. The molecule has 1 aromatic heterocycles. The molecule has 1 atom stereocenters. The molecule has 0 spiro atoms. The number of urea groups is 1. The van der Waals surface area contributed by atoms with Crippen LogP contribution in [0.5, 0.6) is 0 Å². The normalized spacial score (nSPS) is 17.0. The van der Waals surface area contributed by atoms with Crippen molar-refractivity contribution < 1.29 is 4.79 Å². The van der Waals surface area contributed by atoms with Gasteiger partial charge in [0.1, 0.15) is 10.0 Å². The van der Waals surface area contributed by atoms with Gasteiger partial charge in [0, 0.05) is 12.0 Å². The van der Waals surface area contributed by atoms with Crippen LogP contribution in [0.25, 0.3) is 0 Å². The predicted molar refractivity (Wildman–Crippen MR) is 95.9 cm³/mol. The number of carbonyl (C=O) groups is 1. The van der Waals surface area contributed by atoms with Gasteiger partial charge in [-0.25, -0.2) is 4.79 Å². The van der Waals surface area contributed by atoms with Crippen LogP contribution in [-0.4, -0.2) is 21.1 Å². The molecular weight excluding hydrogens is 320 g/mol. The molecule has 2 aromatic rings. The Morgan fingerprint density at radius 1 is 1.33 bits per heavy atom. The van der Waals surface area contributed by atoms with E-state index in [2.05, 4.69) is 55.3 Å². The summed E-state index contributed by atoms with van der Waals surface area (Å²) in [6, 6.07) is 8.41. The number of aromatic nitrogens is 2. The minimum atomic E-state index is -0.0365. The van der Waals surface area contributed by atoms with Gasteiger partial charge in [0.25, 0.3) is 0 Å². The molecule has 24 heavy (non-hydrogen) atoms. The molecule has 0 fully saturated rings. The molecule has 5 nitrogen and oxygen atoms in total. The molecule has 0 aliphatic carbocycles. The van der Waals surface area contributed by atoms with Crippen molar-refractivity contribution in [2.75, 3.05) is 0 Å². The van der Waals surface area contributed by atoms with Gasteiger partial charge < -0.3 is 10.2 Å². The molecule has 2 amide bonds. The number of amides is 2. The van der Waals surface area contributed by atoms with E-state index in [0.717, 1.165) is 16.4 Å². The number of nitrogens with one attached hydrogen (secondary N) is 1. The Hall–Kier alpha value is -1.95. The fourth-order valence-electron chi connectivity index (χ4n) is 3.00. The lowest BCUT2D eigenvalue weighted by atomic mass is 9.98. The molecule has 1 N–H and O–H groups in total. The highest BCUT2D eigenvalue weighted by molar-refractivity contribution is 7.11. The maximum atomic E-state index is 12.6. The van der Waals surface area contributed by atoms with E-state index >= 15 is 0 Å². The average molecular weight is 344 g/mol. The summed E-state index contributed by atoms with van der Waals surface area (Å²) in [7, 11) is 0. The minimum absolute atomic E-state index is 0.0101. The van der Waals surface area contributed by atoms with Crippen molar-refractivity contribution in [3.63, 3.8) is 0 Å². The van der Waals surface area contributed by atoms with Gasteiger partial charge in [-0.3, -0.25) is 0 Å². The molecule has 1 aliphatic rings. The van der Waals surface area contributed by atoms with Crippen molar-refractivity contribution in [1.29, 1.82) is 0 Å². The van der Waals surface area contributed by atoms with Crippen LogP contribution in [0, 0.1) is 0 Å². The summed E-state index contributed by atoms with van der Waals surface area (Å²) < 4.78 is 0. The largest absolute Gasteiger partial charge is 0.331 e. The average Bonchev–Trinajstić information content (AvgIpc) is 3.16. The third-order valence-electron chi connectivity index (χ3n) is 4.28. The smallest absolute Gasteiger partial charge is 0.318 e. The van der Waals surface area contributed by atoms with Gasteiger partial charge in [-0.1, -0.05) is 63.3 Å². The predicted octanol–water partition coefficient (Wildman–Crippen LogP) is 4.01. The van der Waals surface area contributed by atoms with Gasteiger partial charge in [0.05, 0.1) is 12.6 Å². The van der Waals surface area contributed by atoms with Crippen molar-refractivity contribution >= 4 is 17.4 Å². The van der Waals surface area contributed by atoms with Crippen LogP contribution in [0.3, 0.4) is 0 Å². The highest BCUT2D eigenvalue weighted by Gasteiger charge is 2.32. The number of benzene rings is 1. The van der Waals surface area contributed by atoms with E-state index in [0.29, 0.717) is 13.1 Å². The highest BCUT2D eigenvalue weighted by atomic mass is 32.1. The molecule has 1 aromatic carbocycles. The van der Waals surface area contributed by atoms with Crippen LogP contribution in [0.15, 0.2) is 24.3 Å². The fourth-order valence-corrected chi connectivity index (χ4v) is 3.84. The van der Waals surface area contributed by atoms with Gasteiger partial charge in [-0.05, 0) is 17.5 Å². The Bertz CT molecular complexity index is 735. The molecule has 1 aliphatic heterocycles. The van der Waals surface area contributed by atoms with Gasteiger partial charge in [0.15, 0.2) is 0 Å². The Balaban J connectivity index is 1.65. The van der Waals surface area contributed by atoms with Crippen LogP contribution >= 0.6 is 11.3 Å². The number of hydrogen-bond donors (Lipinski definition) is 1. The molecule has 2 heterocycles. The van der Waals surface area contributed by atoms with E-state index in [1.165, 1.54) is 11.1 Å². The standard InChI is InChI=1S/C18H24N4OS/c1-5-14-13-9-7-6-8-12(13)11-22(14)17(23)19-10-15-20-21-16(24-15)18(2,3)4/h6-9,14H,5,10-11H2,1-4H3,(H,19,23). The zero-order valence-corrected chi connectivity index (χ0v) is 15.5. The van der Waals surface area contributed by atoms with Crippen molar-refractivity contribution in [2.24, 2.45) is 0 Å². The van der Waals surface area contributed by atoms with Crippen LogP contribution in [0.2, 0.25) is 0 Å². The summed E-state index contributed by atoms with van der Waals surface area (Å²) in [4.78, 5) is 14.5. The van der Waals surface area contributed by atoms with Gasteiger partial charge in [-0.2, -0.15) is 0 Å². The first-order valence-corrected chi connectivity index (χ1v) is 9.17. The van der Waals surface area contributed by atoms with Gasteiger partial charge >= 0.3 is 6.03 Å². The zero-order chi connectivity index (χ0) is 17.3. The zero-order valence-electron chi connectivity index (χ0n) is 14.7. The number of rotatable bonds is 3. The summed E-state index contributed by atoms with van der Waals surface area (Å²) in [5, 5.41) is 13.3. The molecule has 6 heteroatoms. The number of hydrogen-bond acceptors (Lipinski definition) is 4. The Kier molecular flexibility index (Phi) is 4.58. The molecule has 128 valence electrons. The third-order valence-corrected chi connectivity index (χ3v) is 5.63. The van der Waals surface area contributed by atoms with Crippen molar-refractivity contribution in [2.45, 2.75) is 58.7 Å². The van der Waals surface area contributed by atoms with Crippen LogP contribution < -0.4 is 5.32 Å². The van der Waals surface area contributed by atoms with Crippen LogP contribution in [0.1, 0.15) is 61.3 Å². The first-order chi connectivity index (χ1) is 11.4. The van der Waals surface area contributed by atoms with Crippen molar-refractivity contribution in [3.05, 3.63) is 45.4 Å². The fraction of sp³-hybridized carbons (Fsp3) is 0.500. The molecule has 3 rings (SSSR count). The molecule has 1 unspecified atom stereocenters. The van der Waals surface area contributed by atoms with Crippen LogP contribution in [0.4, 0.5) is 4.79 Å². The van der Waals surface area contributed by atoms with E-state index in [1.54, 1.807) is 11.3 Å².